The van der Waals surface area contributed by atoms with Crippen LogP contribution in [0, 0.1) is 6.92 Å². The summed E-state index contributed by atoms with van der Waals surface area (Å²) in [6.07, 6.45) is 0. The highest BCUT2D eigenvalue weighted by molar-refractivity contribution is 8.00. The van der Waals surface area contributed by atoms with Crippen LogP contribution in [0.15, 0.2) is 29.4 Å². The number of nitrogens with zero attached hydrogens (tertiary/aromatic N) is 3. The van der Waals surface area contributed by atoms with Crippen molar-refractivity contribution < 1.29 is 4.79 Å². The summed E-state index contributed by atoms with van der Waals surface area (Å²) in [7, 11) is 0. The normalized spacial score (nSPS) is 12.4. The van der Waals surface area contributed by atoms with Gasteiger partial charge in [-0.1, -0.05) is 23.9 Å². The number of thioether (sulfide) groups is 1. The van der Waals surface area contributed by atoms with Crippen LogP contribution in [0.25, 0.3) is 0 Å². The number of hydrogen-bond donors (Lipinski definition) is 2. The van der Waals surface area contributed by atoms with Gasteiger partial charge in [-0.15, -0.1) is 10.2 Å². The average molecular weight is 319 g/mol. The Morgan fingerprint density at radius 1 is 1.32 bits per heavy atom. The van der Waals surface area contributed by atoms with Gasteiger partial charge in [0.2, 0.25) is 11.9 Å². The van der Waals surface area contributed by atoms with Crippen molar-refractivity contribution in [2.75, 3.05) is 11.1 Å². The van der Waals surface area contributed by atoms with Crippen LogP contribution < -0.4 is 11.1 Å². The molecule has 1 aromatic heterocycles. The summed E-state index contributed by atoms with van der Waals surface area (Å²) >= 11 is 1.35. The molecule has 0 bridgehead atoms. The molecule has 1 aromatic carbocycles. The zero-order valence-electron chi connectivity index (χ0n) is 13.2. The van der Waals surface area contributed by atoms with Crippen molar-refractivity contribution in [3.8, 4) is 0 Å². The minimum atomic E-state index is -0.304. The van der Waals surface area contributed by atoms with E-state index in [2.05, 4.69) is 15.5 Å². The molecule has 0 unspecified atom stereocenters. The van der Waals surface area contributed by atoms with E-state index in [1.807, 2.05) is 56.5 Å². The SMILES string of the molecule is Cc1cccc(NC(=O)[C@H](C)Sc2nnc(N)n2C(C)C)c1. The lowest BCUT2D eigenvalue weighted by Gasteiger charge is -2.15. The molecule has 0 saturated heterocycles. The Bertz CT molecular complexity index is 668. The largest absolute Gasteiger partial charge is 0.368 e. The fourth-order valence-corrected chi connectivity index (χ4v) is 3.02. The third kappa shape index (κ3) is 3.79. The van der Waals surface area contributed by atoms with Gasteiger partial charge in [-0.2, -0.15) is 0 Å². The van der Waals surface area contributed by atoms with Crippen molar-refractivity contribution in [3.05, 3.63) is 29.8 Å². The predicted octanol–water partition coefficient (Wildman–Crippen LogP) is 2.87. The molecule has 6 nitrogen and oxygen atoms in total. The minimum absolute atomic E-state index is 0.0764. The predicted molar refractivity (Wildman–Crippen MR) is 89.9 cm³/mol. The zero-order valence-corrected chi connectivity index (χ0v) is 14.0. The molecule has 1 atom stereocenters. The molecule has 1 heterocycles. The van der Waals surface area contributed by atoms with Crippen molar-refractivity contribution in [1.29, 1.82) is 0 Å². The van der Waals surface area contributed by atoms with Crippen LogP contribution in [0.4, 0.5) is 11.6 Å². The van der Waals surface area contributed by atoms with Crippen molar-refractivity contribution in [3.63, 3.8) is 0 Å². The van der Waals surface area contributed by atoms with Crippen LogP contribution in [-0.2, 0) is 4.79 Å². The van der Waals surface area contributed by atoms with Crippen LogP contribution in [0.2, 0.25) is 0 Å². The fourth-order valence-electron chi connectivity index (χ4n) is 2.03. The van der Waals surface area contributed by atoms with E-state index in [1.54, 1.807) is 0 Å². The first-order valence-corrected chi connectivity index (χ1v) is 8.01. The molecule has 0 radical (unpaired) electrons. The zero-order chi connectivity index (χ0) is 16.3. The Morgan fingerprint density at radius 2 is 2.05 bits per heavy atom. The summed E-state index contributed by atoms with van der Waals surface area (Å²) in [5.74, 6) is 0.288. The number of nitrogens with one attached hydrogen (secondary N) is 1. The Kier molecular flexibility index (Phi) is 5.07. The molecule has 7 heteroatoms. The van der Waals surface area contributed by atoms with E-state index >= 15 is 0 Å². The lowest BCUT2D eigenvalue weighted by atomic mass is 10.2. The first kappa shape index (κ1) is 16.4. The molecule has 118 valence electrons. The molecule has 22 heavy (non-hydrogen) atoms. The maximum absolute atomic E-state index is 12.3. The number of amides is 1. The van der Waals surface area contributed by atoms with Crippen LogP contribution in [0.5, 0.6) is 0 Å². The number of hydrogen-bond acceptors (Lipinski definition) is 5. The summed E-state index contributed by atoms with van der Waals surface area (Å²) in [6.45, 7) is 7.83. The number of carbonyl (C=O) groups is 1. The van der Waals surface area contributed by atoms with E-state index in [1.165, 1.54) is 11.8 Å². The maximum atomic E-state index is 12.3. The number of nitrogen functional groups attached to an aromatic ring is 1. The number of aryl methyl sites for hydroxylation is 1. The van der Waals surface area contributed by atoms with Crippen molar-refractivity contribution in [1.82, 2.24) is 14.8 Å². The lowest BCUT2D eigenvalue weighted by molar-refractivity contribution is -0.115. The average Bonchev–Trinajstić information content (AvgIpc) is 2.79. The summed E-state index contributed by atoms with van der Waals surface area (Å²) in [5, 5.41) is 11.2. The van der Waals surface area contributed by atoms with E-state index in [0.717, 1.165) is 11.3 Å². The Labute approximate surface area is 134 Å². The van der Waals surface area contributed by atoms with Gasteiger partial charge in [-0.05, 0) is 45.4 Å². The topological polar surface area (TPSA) is 85.8 Å². The molecule has 2 aromatic rings. The van der Waals surface area contributed by atoms with Gasteiger partial charge in [0, 0.05) is 11.7 Å². The van der Waals surface area contributed by atoms with Gasteiger partial charge in [0.25, 0.3) is 0 Å². The van der Waals surface area contributed by atoms with Gasteiger partial charge in [0.1, 0.15) is 0 Å². The molecule has 0 aliphatic heterocycles. The van der Waals surface area contributed by atoms with Crippen molar-refractivity contribution in [2.45, 2.75) is 44.1 Å². The lowest BCUT2D eigenvalue weighted by Crippen LogP contribution is -2.23. The molecule has 2 rings (SSSR count). The van der Waals surface area contributed by atoms with E-state index in [-0.39, 0.29) is 17.2 Å². The Hall–Kier alpha value is -2.02. The summed E-state index contributed by atoms with van der Waals surface area (Å²) in [4.78, 5) is 12.3. The quantitative estimate of drug-likeness (QED) is 0.828. The third-order valence-electron chi connectivity index (χ3n) is 3.14. The highest BCUT2D eigenvalue weighted by Gasteiger charge is 2.20. The van der Waals surface area contributed by atoms with Crippen molar-refractivity contribution >= 4 is 29.3 Å². The van der Waals surface area contributed by atoms with Gasteiger partial charge >= 0.3 is 0 Å². The first-order valence-electron chi connectivity index (χ1n) is 7.13. The van der Waals surface area contributed by atoms with E-state index in [0.29, 0.717) is 11.1 Å². The molecular weight excluding hydrogens is 298 g/mol. The third-order valence-corrected chi connectivity index (χ3v) is 4.20. The summed E-state index contributed by atoms with van der Waals surface area (Å²) in [5.41, 5.74) is 7.71. The monoisotopic (exact) mass is 319 g/mol. The molecule has 0 aliphatic rings. The molecule has 1 amide bonds. The maximum Gasteiger partial charge on any atom is 0.237 e. The molecule has 0 spiro atoms. The summed E-state index contributed by atoms with van der Waals surface area (Å²) in [6, 6.07) is 7.85. The highest BCUT2D eigenvalue weighted by Crippen LogP contribution is 2.26. The minimum Gasteiger partial charge on any atom is -0.368 e. The number of benzene rings is 1. The smallest absolute Gasteiger partial charge is 0.237 e. The molecule has 0 saturated carbocycles. The van der Waals surface area contributed by atoms with Crippen molar-refractivity contribution in [2.24, 2.45) is 0 Å². The molecule has 0 fully saturated rings. The van der Waals surface area contributed by atoms with E-state index in [9.17, 15) is 4.79 Å². The van der Waals surface area contributed by atoms with Crippen LogP contribution in [0.3, 0.4) is 0 Å². The number of rotatable bonds is 5. The first-order chi connectivity index (χ1) is 10.4. The molecular formula is C15H21N5OS. The number of carbonyl (C=O) groups excluding carboxylic acids is 1. The van der Waals surface area contributed by atoms with Gasteiger partial charge in [-0.25, -0.2) is 0 Å². The summed E-state index contributed by atoms with van der Waals surface area (Å²) < 4.78 is 1.82. The number of nitrogens with two attached hydrogens (primary N) is 1. The van der Waals surface area contributed by atoms with Gasteiger partial charge in [0.15, 0.2) is 5.16 Å². The van der Waals surface area contributed by atoms with Gasteiger partial charge < -0.3 is 11.1 Å². The second-order valence-electron chi connectivity index (χ2n) is 5.42. The van der Waals surface area contributed by atoms with Crippen LogP contribution in [-0.4, -0.2) is 25.9 Å². The highest BCUT2D eigenvalue weighted by atomic mass is 32.2. The Morgan fingerprint density at radius 3 is 2.68 bits per heavy atom. The number of anilines is 2. The number of aromatic nitrogens is 3. The fraction of sp³-hybridized carbons (Fsp3) is 0.400. The van der Waals surface area contributed by atoms with E-state index < -0.39 is 0 Å². The van der Waals surface area contributed by atoms with E-state index in [4.69, 9.17) is 5.73 Å². The Balaban J connectivity index is 2.06. The second-order valence-corrected chi connectivity index (χ2v) is 6.73. The standard InChI is InChI=1S/C15H21N5OS/c1-9(2)20-14(16)18-19-15(20)22-11(4)13(21)17-12-7-5-6-10(3)8-12/h5-9,11H,1-4H3,(H2,16,18)(H,17,21)/t11-/m0/s1. The van der Waals surface area contributed by atoms with Crippen LogP contribution >= 0.6 is 11.8 Å². The van der Waals surface area contributed by atoms with Gasteiger partial charge in [0.05, 0.1) is 5.25 Å². The molecule has 0 aliphatic carbocycles. The van der Waals surface area contributed by atoms with Gasteiger partial charge in [-0.3, -0.25) is 9.36 Å². The second kappa shape index (κ2) is 6.83. The molecule has 3 N–H and O–H groups in total. The van der Waals surface area contributed by atoms with Crippen LogP contribution in [0.1, 0.15) is 32.4 Å².